The quantitative estimate of drug-likeness (QED) is 0.587. The summed E-state index contributed by atoms with van der Waals surface area (Å²) in [6.07, 6.45) is 3.31. The molecule has 0 aliphatic heterocycles. The summed E-state index contributed by atoms with van der Waals surface area (Å²) in [5.41, 5.74) is 1.01. The molecule has 1 N–H and O–H groups in total. The molecule has 0 heterocycles. The third-order valence-corrected chi connectivity index (χ3v) is 3.58. The normalized spacial score (nSPS) is 10.7. The average molecular weight is 330 g/mol. The van der Waals surface area contributed by atoms with Crippen molar-refractivity contribution in [1.82, 2.24) is 5.32 Å². The van der Waals surface area contributed by atoms with E-state index in [2.05, 4.69) is 12.2 Å². The van der Waals surface area contributed by atoms with Crippen LogP contribution in [0.1, 0.15) is 38.7 Å². The Bertz CT molecular complexity index is 427. The first-order chi connectivity index (χ1) is 10.7. The third kappa shape index (κ3) is 6.86. The lowest BCUT2D eigenvalue weighted by molar-refractivity contribution is 0.129. The molecule has 0 fully saturated rings. The fraction of sp³-hybridized carbons (Fsp3) is 0.647. The van der Waals surface area contributed by atoms with Gasteiger partial charge >= 0.3 is 0 Å². The van der Waals surface area contributed by atoms with Crippen molar-refractivity contribution in [3.63, 3.8) is 0 Å². The zero-order valence-electron chi connectivity index (χ0n) is 13.9. The summed E-state index contributed by atoms with van der Waals surface area (Å²) in [5, 5.41) is 4.07. The molecule has 0 spiro atoms. The van der Waals surface area contributed by atoms with Crippen LogP contribution in [0.2, 0.25) is 5.02 Å². The maximum atomic E-state index is 6.28. The van der Waals surface area contributed by atoms with Gasteiger partial charge in [0.1, 0.15) is 0 Å². The molecule has 0 radical (unpaired) electrons. The smallest absolute Gasteiger partial charge is 0.162 e. The predicted octanol–water partition coefficient (Wildman–Crippen LogP) is 4.04. The number of methoxy groups -OCH3 is 1. The standard InChI is InChI=1S/C17H28ClNO3/c1-4-6-9-21-10-7-8-19-13-14-11-17(22-5-2)16(20-3)12-15(14)18/h11-12,19H,4-10,13H2,1-3H3. The molecule has 22 heavy (non-hydrogen) atoms. The summed E-state index contributed by atoms with van der Waals surface area (Å²) < 4.78 is 16.4. The molecule has 0 aliphatic carbocycles. The maximum absolute atomic E-state index is 6.28. The van der Waals surface area contributed by atoms with Gasteiger partial charge in [0.25, 0.3) is 0 Å². The largest absolute Gasteiger partial charge is 0.493 e. The number of nitrogens with one attached hydrogen (secondary N) is 1. The number of hydrogen-bond donors (Lipinski definition) is 1. The van der Waals surface area contributed by atoms with Crippen molar-refractivity contribution in [2.24, 2.45) is 0 Å². The van der Waals surface area contributed by atoms with Crippen molar-refractivity contribution in [3.8, 4) is 11.5 Å². The zero-order chi connectivity index (χ0) is 16.2. The fourth-order valence-corrected chi connectivity index (χ4v) is 2.23. The summed E-state index contributed by atoms with van der Waals surface area (Å²) in [6.45, 7) is 7.98. The molecule has 0 aromatic heterocycles. The van der Waals surface area contributed by atoms with Crippen LogP contribution in [0.3, 0.4) is 0 Å². The molecule has 0 saturated carbocycles. The topological polar surface area (TPSA) is 39.7 Å². The number of benzene rings is 1. The van der Waals surface area contributed by atoms with E-state index in [4.69, 9.17) is 25.8 Å². The van der Waals surface area contributed by atoms with E-state index in [0.717, 1.165) is 43.9 Å². The Morgan fingerprint density at radius 3 is 2.55 bits per heavy atom. The number of halogens is 1. The predicted molar refractivity (Wildman–Crippen MR) is 91.2 cm³/mol. The van der Waals surface area contributed by atoms with Gasteiger partial charge in [0, 0.05) is 30.8 Å². The molecule has 0 bridgehead atoms. The van der Waals surface area contributed by atoms with Gasteiger partial charge in [0.05, 0.1) is 13.7 Å². The Balaban J connectivity index is 2.37. The van der Waals surface area contributed by atoms with Crippen LogP contribution in [0.25, 0.3) is 0 Å². The Morgan fingerprint density at radius 2 is 1.86 bits per heavy atom. The maximum Gasteiger partial charge on any atom is 0.162 e. The first-order valence-electron chi connectivity index (χ1n) is 8.00. The molecule has 126 valence electrons. The van der Waals surface area contributed by atoms with Crippen LogP contribution in [0, 0.1) is 0 Å². The first-order valence-corrected chi connectivity index (χ1v) is 8.38. The van der Waals surface area contributed by atoms with Gasteiger partial charge in [0.2, 0.25) is 0 Å². The minimum absolute atomic E-state index is 0.597. The number of unbranched alkanes of at least 4 members (excludes halogenated alkanes) is 1. The Kier molecular flexibility index (Phi) is 10.0. The molecule has 0 amide bonds. The van der Waals surface area contributed by atoms with Crippen molar-refractivity contribution in [3.05, 3.63) is 22.7 Å². The van der Waals surface area contributed by atoms with Crippen LogP contribution < -0.4 is 14.8 Å². The van der Waals surface area contributed by atoms with Crippen molar-refractivity contribution in [1.29, 1.82) is 0 Å². The minimum Gasteiger partial charge on any atom is -0.493 e. The summed E-state index contributed by atoms with van der Waals surface area (Å²) in [5.74, 6) is 1.40. The molecular weight excluding hydrogens is 302 g/mol. The van der Waals surface area contributed by atoms with Crippen LogP contribution in [-0.2, 0) is 11.3 Å². The molecule has 1 aromatic rings. The van der Waals surface area contributed by atoms with Gasteiger partial charge in [-0.25, -0.2) is 0 Å². The second kappa shape index (κ2) is 11.6. The van der Waals surface area contributed by atoms with E-state index in [0.29, 0.717) is 23.9 Å². The van der Waals surface area contributed by atoms with E-state index < -0.39 is 0 Å². The van der Waals surface area contributed by atoms with Gasteiger partial charge in [-0.05, 0) is 37.9 Å². The molecule has 0 aliphatic rings. The zero-order valence-corrected chi connectivity index (χ0v) is 14.7. The number of rotatable bonds is 12. The van der Waals surface area contributed by atoms with Gasteiger partial charge in [0.15, 0.2) is 11.5 Å². The van der Waals surface area contributed by atoms with Crippen LogP contribution in [0.15, 0.2) is 12.1 Å². The summed E-state index contributed by atoms with van der Waals surface area (Å²) in [7, 11) is 1.62. The molecular formula is C17H28ClNO3. The summed E-state index contributed by atoms with van der Waals surface area (Å²) in [6, 6.07) is 3.74. The van der Waals surface area contributed by atoms with Gasteiger partial charge < -0.3 is 19.5 Å². The third-order valence-electron chi connectivity index (χ3n) is 3.23. The van der Waals surface area contributed by atoms with E-state index in [9.17, 15) is 0 Å². The van der Waals surface area contributed by atoms with E-state index >= 15 is 0 Å². The van der Waals surface area contributed by atoms with Crippen molar-refractivity contribution < 1.29 is 14.2 Å². The Hall–Kier alpha value is -0.970. The minimum atomic E-state index is 0.597. The van der Waals surface area contributed by atoms with Crippen molar-refractivity contribution >= 4 is 11.6 Å². The molecule has 5 heteroatoms. The molecule has 0 atom stereocenters. The van der Waals surface area contributed by atoms with E-state index in [-0.39, 0.29) is 0 Å². The molecule has 1 rings (SSSR count). The Labute approximate surface area is 139 Å². The van der Waals surface area contributed by atoms with Gasteiger partial charge in [-0.3, -0.25) is 0 Å². The molecule has 4 nitrogen and oxygen atoms in total. The van der Waals surface area contributed by atoms with E-state index in [1.807, 2.05) is 13.0 Å². The van der Waals surface area contributed by atoms with Gasteiger partial charge in [-0.2, -0.15) is 0 Å². The van der Waals surface area contributed by atoms with Gasteiger partial charge in [-0.1, -0.05) is 24.9 Å². The summed E-state index contributed by atoms with van der Waals surface area (Å²) in [4.78, 5) is 0. The van der Waals surface area contributed by atoms with Crippen LogP contribution in [0.4, 0.5) is 0 Å². The van der Waals surface area contributed by atoms with E-state index in [1.54, 1.807) is 13.2 Å². The SMILES string of the molecule is CCCCOCCCNCc1cc(OCC)c(OC)cc1Cl. The number of hydrogen-bond acceptors (Lipinski definition) is 4. The molecule has 1 aromatic carbocycles. The lowest BCUT2D eigenvalue weighted by Gasteiger charge is -2.13. The highest BCUT2D eigenvalue weighted by Crippen LogP contribution is 2.33. The van der Waals surface area contributed by atoms with Crippen LogP contribution >= 0.6 is 11.6 Å². The van der Waals surface area contributed by atoms with Gasteiger partial charge in [-0.15, -0.1) is 0 Å². The van der Waals surface area contributed by atoms with Crippen molar-refractivity contribution in [2.75, 3.05) is 33.5 Å². The number of ether oxygens (including phenoxy) is 3. The monoisotopic (exact) mass is 329 g/mol. The highest BCUT2D eigenvalue weighted by molar-refractivity contribution is 6.31. The van der Waals surface area contributed by atoms with Crippen LogP contribution in [0.5, 0.6) is 11.5 Å². The lowest BCUT2D eigenvalue weighted by Crippen LogP contribution is -2.17. The summed E-state index contributed by atoms with van der Waals surface area (Å²) >= 11 is 6.28. The fourth-order valence-electron chi connectivity index (χ4n) is 2.01. The highest BCUT2D eigenvalue weighted by Gasteiger charge is 2.10. The van der Waals surface area contributed by atoms with Crippen molar-refractivity contribution in [2.45, 2.75) is 39.7 Å². The second-order valence-electron chi connectivity index (χ2n) is 5.02. The lowest BCUT2D eigenvalue weighted by atomic mass is 10.2. The Morgan fingerprint density at radius 1 is 1.09 bits per heavy atom. The first kappa shape index (κ1) is 19.1. The molecule has 0 unspecified atom stereocenters. The molecule has 0 saturated heterocycles. The van der Waals surface area contributed by atoms with Crippen LogP contribution in [-0.4, -0.2) is 33.5 Å². The average Bonchev–Trinajstić information content (AvgIpc) is 2.52. The highest BCUT2D eigenvalue weighted by atomic mass is 35.5. The second-order valence-corrected chi connectivity index (χ2v) is 5.43. The van der Waals surface area contributed by atoms with E-state index in [1.165, 1.54) is 6.42 Å².